The monoisotopic (exact) mass is 702 g/mol. The number of hydrogen-bond donors (Lipinski definition) is 0. The fourth-order valence-corrected chi connectivity index (χ4v) is 9.46. The molecule has 0 spiro atoms. The molecule has 0 saturated carbocycles. The highest BCUT2D eigenvalue weighted by Gasteiger charge is 2.22. The third-order valence-corrected chi connectivity index (χ3v) is 15.1. The predicted molar refractivity (Wildman–Crippen MR) is 231 cm³/mol. The number of nitrogens with zero attached hydrogens (tertiary/aromatic N) is 2. The molecule has 0 aliphatic carbocycles. The normalized spacial score (nSPS) is 12.8. The van der Waals surface area contributed by atoms with E-state index in [-0.39, 0.29) is 0 Å². The van der Waals surface area contributed by atoms with Crippen LogP contribution in [0.1, 0.15) is 6.92 Å². The maximum absolute atomic E-state index is 2.43. The molecule has 0 N–H and O–H groups in total. The Morgan fingerprint density at radius 3 is 1.16 bits per heavy atom. The Morgan fingerprint density at radius 2 is 0.765 bits per heavy atom. The molecule has 8 rings (SSSR count). The Balaban J connectivity index is 1.35. The zero-order valence-electron chi connectivity index (χ0n) is 30.4. The van der Waals surface area contributed by atoms with Crippen molar-refractivity contribution in [1.82, 2.24) is 0 Å². The summed E-state index contributed by atoms with van der Waals surface area (Å²) in [5.74, 6) is 1.18. The largest absolute Gasteiger partial charge is 0.310 e. The summed E-state index contributed by atoms with van der Waals surface area (Å²) in [7, 11) is -1.65. The molecule has 8 aromatic carbocycles. The van der Waals surface area contributed by atoms with Gasteiger partial charge in [0.2, 0.25) is 0 Å². The second kappa shape index (κ2) is 13.0. The molecule has 2 nitrogen and oxygen atoms in total. The number of rotatable bonds is 9. The molecule has 0 aliphatic heterocycles. The van der Waals surface area contributed by atoms with Crippen LogP contribution in [0.3, 0.4) is 0 Å². The summed E-state index contributed by atoms with van der Waals surface area (Å²) < 4.78 is 0. The Hall–Kier alpha value is -4.90. The molecule has 8 aromatic rings. The number of anilines is 6. The van der Waals surface area contributed by atoms with Gasteiger partial charge in [0.15, 0.2) is 0 Å². The van der Waals surface area contributed by atoms with Crippen LogP contribution >= 0.6 is 20.1 Å². The molecule has 0 amide bonds. The van der Waals surface area contributed by atoms with Crippen molar-refractivity contribution in [2.24, 2.45) is 0 Å². The van der Waals surface area contributed by atoms with Crippen LogP contribution in [0, 0.1) is 0 Å². The van der Waals surface area contributed by atoms with Gasteiger partial charge in [0, 0.05) is 33.5 Å². The molecule has 0 aliphatic rings. The van der Waals surface area contributed by atoms with E-state index in [0.717, 1.165) is 17.1 Å². The molecule has 4 heteroatoms. The first kappa shape index (κ1) is 33.3. The quantitative estimate of drug-likeness (QED) is 0.138. The highest BCUT2D eigenvalue weighted by atomic mass is 32.3. The molecule has 0 saturated heterocycles. The summed E-state index contributed by atoms with van der Waals surface area (Å²) in [6.45, 7) is 2.30. The van der Waals surface area contributed by atoms with Gasteiger partial charge in [0.05, 0.1) is 11.4 Å². The molecule has 0 heterocycles. The summed E-state index contributed by atoms with van der Waals surface area (Å²) in [6, 6.07) is 58.6. The van der Waals surface area contributed by atoms with Crippen molar-refractivity contribution in [2.75, 3.05) is 46.8 Å². The van der Waals surface area contributed by atoms with Crippen LogP contribution < -0.4 is 9.80 Å². The average molecular weight is 703 g/mol. The lowest BCUT2D eigenvalue weighted by Crippen LogP contribution is -2.11. The zero-order valence-corrected chi connectivity index (χ0v) is 32.1. The SMILES string of the molecule is CCS(C)(C)c1ccc(N(c2ccccc2)c2ccc3ccc4c(N(c5ccccc5)c5ccc(S(C)(C)C)cc5)ccc5ccc2c3c54)cc1. The van der Waals surface area contributed by atoms with Crippen molar-refractivity contribution in [3.8, 4) is 0 Å². The molecule has 256 valence electrons. The zero-order chi connectivity index (χ0) is 35.3. The molecular weight excluding hydrogens is 657 g/mol. The van der Waals surface area contributed by atoms with Gasteiger partial charge in [-0.3, -0.25) is 0 Å². The fourth-order valence-electron chi connectivity index (χ4n) is 7.30. The first-order chi connectivity index (χ1) is 24.6. The topological polar surface area (TPSA) is 6.48 Å². The van der Waals surface area contributed by atoms with Gasteiger partial charge in [-0.1, -0.05) is 79.7 Å². The van der Waals surface area contributed by atoms with Crippen molar-refractivity contribution in [1.29, 1.82) is 0 Å². The Kier molecular flexibility index (Phi) is 8.49. The third kappa shape index (κ3) is 6.01. The lowest BCUT2D eigenvalue weighted by atomic mass is 9.91. The molecule has 0 fully saturated rings. The standard InChI is InChI=1S/C47H46N2S2/c1-7-51(5,6)41-28-24-39(25-29-41)49(37-16-12-9-13-17-37)45-33-21-35-18-30-42-44(32-20-34-19-31-43(45)47(35)46(34)42)48(36-14-10-8-11-15-36)38-22-26-40(27-23-38)50(2,3)4/h8-33H,7H2,1-6H3. The van der Waals surface area contributed by atoms with Crippen LogP contribution in [-0.2, 0) is 0 Å². The number of para-hydroxylation sites is 2. The lowest BCUT2D eigenvalue weighted by molar-refractivity contribution is 1.27. The maximum Gasteiger partial charge on any atom is 0.0540 e. The van der Waals surface area contributed by atoms with Gasteiger partial charge in [-0.15, -0.1) is 0 Å². The first-order valence-electron chi connectivity index (χ1n) is 17.6. The molecule has 0 aromatic heterocycles. The van der Waals surface area contributed by atoms with Crippen molar-refractivity contribution >= 4 is 86.5 Å². The summed E-state index contributed by atoms with van der Waals surface area (Å²) in [5.41, 5.74) is 7.00. The van der Waals surface area contributed by atoms with Gasteiger partial charge >= 0.3 is 0 Å². The molecule has 51 heavy (non-hydrogen) atoms. The maximum atomic E-state index is 2.43. The highest BCUT2D eigenvalue weighted by molar-refractivity contribution is 8.32. The van der Waals surface area contributed by atoms with Crippen LogP contribution in [0.5, 0.6) is 0 Å². The van der Waals surface area contributed by atoms with Gasteiger partial charge in [-0.25, -0.2) is 20.1 Å². The van der Waals surface area contributed by atoms with Crippen molar-refractivity contribution in [2.45, 2.75) is 16.7 Å². The van der Waals surface area contributed by atoms with E-state index in [2.05, 4.69) is 206 Å². The van der Waals surface area contributed by atoms with Crippen LogP contribution in [0.15, 0.2) is 168 Å². The van der Waals surface area contributed by atoms with Crippen molar-refractivity contribution < 1.29 is 0 Å². The Labute approximate surface area is 306 Å². The van der Waals surface area contributed by atoms with E-state index in [0.29, 0.717) is 0 Å². The van der Waals surface area contributed by atoms with E-state index in [1.165, 1.54) is 64.9 Å². The number of hydrogen-bond acceptors (Lipinski definition) is 2. The molecule has 0 unspecified atom stereocenters. The third-order valence-electron chi connectivity index (χ3n) is 10.4. The van der Waals surface area contributed by atoms with E-state index in [9.17, 15) is 0 Å². The summed E-state index contributed by atoms with van der Waals surface area (Å²) in [4.78, 5) is 7.71. The van der Waals surface area contributed by atoms with Crippen molar-refractivity contribution in [3.63, 3.8) is 0 Å². The summed E-state index contributed by atoms with van der Waals surface area (Å²) in [5, 5.41) is 7.61. The lowest BCUT2D eigenvalue weighted by Gasteiger charge is -2.32. The van der Waals surface area contributed by atoms with E-state index >= 15 is 0 Å². The van der Waals surface area contributed by atoms with Crippen LogP contribution in [0.4, 0.5) is 34.1 Å². The second-order valence-electron chi connectivity index (χ2n) is 14.6. The fraction of sp³-hybridized carbons (Fsp3) is 0.149. The molecular formula is C47H46N2S2. The van der Waals surface area contributed by atoms with E-state index in [1.54, 1.807) is 0 Å². The first-order valence-corrected chi connectivity index (χ1v) is 23.1. The minimum absolute atomic E-state index is 0.821. The van der Waals surface area contributed by atoms with E-state index < -0.39 is 20.1 Å². The van der Waals surface area contributed by atoms with Crippen LogP contribution in [0.25, 0.3) is 32.3 Å². The minimum Gasteiger partial charge on any atom is -0.310 e. The minimum atomic E-state index is -0.827. The van der Waals surface area contributed by atoms with E-state index in [1.807, 2.05) is 0 Å². The van der Waals surface area contributed by atoms with Crippen molar-refractivity contribution in [3.05, 3.63) is 158 Å². The highest BCUT2D eigenvalue weighted by Crippen LogP contribution is 2.51. The van der Waals surface area contributed by atoms with Crippen LogP contribution in [-0.4, -0.2) is 37.0 Å². The molecule has 0 radical (unpaired) electrons. The van der Waals surface area contributed by atoms with Gasteiger partial charge < -0.3 is 9.80 Å². The summed E-state index contributed by atoms with van der Waals surface area (Å²) in [6.07, 6.45) is 11.9. The van der Waals surface area contributed by atoms with Gasteiger partial charge in [0.25, 0.3) is 0 Å². The summed E-state index contributed by atoms with van der Waals surface area (Å²) >= 11 is 0. The van der Waals surface area contributed by atoms with Crippen LogP contribution in [0.2, 0.25) is 0 Å². The van der Waals surface area contributed by atoms with Gasteiger partial charge in [-0.05, 0) is 153 Å². The Morgan fingerprint density at radius 1 is 0.392 bits per heavy atom. The smallest absolute Gasteiger partial charge is 0.0540 e. The van der Waals surface area contributed by atoms with Gasteiger partial charge in [-0.2, -0.15) is 0 Å². The second-order valence-corrected chi connectivity index (χ2v) is 22.9. The number of benzene rings is 8. The van der Waals surface area contributed by atoms with Gasteiger partial charge in [0.1, 0.15) is 0 Å². The van der Waals surface area contributed by atoms with E-state index in [4.69, 9.17) is 0 Å². The average Bonchev–Trinajstić information content (AvgIpc) is 3.16. The molecule has 0 atom stereocenters. The molecule has 0 bridgehead atoms. The predicted octanol–water partition coefficient (Wildman–Crippen LogP) is 14.0. The Bertz CT molecular complexity index is 2450.